The first kappa shape index (κ1) is 15.2. The Balaban J connectivity index is 2.01. The summed E-state index contributed by atoms with van der Waals surface area (Å²) in [6.07, 6.45) is 0.840. The van der Waals surface area contributed by atoms with Gasteiger partial charge in [-0.15, -0.1) is 0 Å². The van der Waals surface area contributed by atoms with Crippen molar-refractivity contribution in [1.29, 1.82) is 0 Å². The molecule has 21 heavy (non-hydrogen) atoms. The minimum absolute atomic E-state index is 0.0202. The first-order valence-electron chi connectivity index (χ1n) is 6.29. The van der Waals surface area contributed by atoms with Crippen molar-refractivity contribution < 1.29 is 18.7 Å². The van der Waals surface area contributed by atoms with Crippen molar-refractivity contribution in [2.75, 3.05) is 12.4 Å². The molecule has 1 N–H and O–H groups in total. The first-order chi connectivity index (χ1) is 10.1. The van der Waals surface area contributed by atoms with Crippen LogP contribution in [-0.2, 0) is 16.0 Å². The second kappa shape index (κ2) is 6.99. The van der Waals surface area contributed by atoms with Gasteiger partial charge in [0.25, 0.3) is 0 Å². The molecule has 0 aliphatic carbocycles. The Bertz CT molecular complexity index is 640. The van der Waals surface area contributed by atoms with Gasteiger partial charge in [0.15, 0.2) is 0 Å². The maximum absolute atomic E-state index is 13.6. The van der Waals surface area contributed by atoms with E-state index in [-0.39, 0.29) is 23.6 Å². The van der Waals surface area contributed by atoms with E-state index in [1.54, 1.807) is 11.3 Å². The molecule has 110 valence electrons. The SMILES string of the molecule is COC(=O)c1ccc(F)c(NC(=O)CCc2ccsc2)c1. The third-order valence-corrected chi connectivity index (χ3v) is 3.61. The fourth-order valence-corrected chi connectivity index (χ4v) is 2.47. The van der Waals surface area contributed by atoms with E-state index in [1.807, 2.05) is 16.8 Å². The lowest BCUT2D eigenvalue weighted by atomic mass is 10.1. The molecule has 0 saturated heterocycles. The van der Waals surface area contributed by atoms with E-state index in [2.05, 4.69) is 10.1 Å². The number of aryl methyl sites for hydroxylation is 1. The summed E-state index contributed by atoms with van der Waals surface area (Å²) in [5, 5.41) is 6.37. The molecule has 0 aliphatic rings. The molecule has 0 unspecified atom stereocenters. The van der Waals surface area contributed by atoms with Gasteiger partial charge in [0.05, 0.1) is 18.4 Å². The molecule has 0 spiro atoms. The summed E-state index contributed by atoms with van der Waals surface area (Å²) in [6.45, 7) is 0. The molecule has 1 heterocycles. The quantitative estimate of drug-likeness (QED) is 0.863. The largest absolute Gasteiger partial charge is 0.465 e. The topological polar surface area (TPSA) is 55.4 Å². The van der Waals surface area contributed by atoms with E-state index >= 15 is 0 Å². The number of methoxy groups -OCH3 is 1. The van der Waals surface area contributed by atoms with Crippen LogP contribution in [0.25, 0.3) is 0 Å². The smallest absolute Gasteiger partial charge is 0.337 e. The normalized spacial score (nSPS) is 10.2. The Morgan fingerprint density at radius 3 is 2.81 bits per heavy atom. The highest BCUT2D eigenvalue weighted by atomic mass is 32.1. The molecule has 2 rings (SSSR count). The zero-order valence-corrected chi connectivity index (χ0v) is 12.2. The number of thiophene rings is 1. The number of benzene rings is 1. The van der Waals surface area contributed by atoms with Gasteiger partial charge >= 0.3 is 5.97 Å². The van der Waals surface area contributed by atoms with Gasteiger partial charge in [0.1, 0.15) is 5.82 Å². The fraction of sp³-hybridized carbons (Fsp3) is 0.200. The lowest BCUT2D eigenvalue weighted by molar-refractivity contribution is -0.116. The maximum atomic E-state index is 13.6. The van der Waals surface area contributed by atoms with E-state index in [1.165, 1.54) is 19.2 Å². The minimum atomic E-state index is -0.591. The molecular weight excluding hydrogens is 293 g/mol. The van der Waals surface area contributed by atoms with Crippen LogP contribution >= 0.6 is 11.3 Å². The van der Waals surface area contributed by atoms with Crippen LogP contribution in [-0.4, -0.2) is 19.0 Å². The number of hydrogen-bond acceptors (Lipinski definition) is 4. The van der Waals surface area contributed by atoms with Crippen molar-refractivity contribution in [3.05, 3.63) is 52.0 Å². The summed E-state index contributed by atoms with van der Waals surface area (Å²) >= 11 is 1.56. The van der Waals surface area contributed by atoms with Gasteiger partial charge in [0, 0.05) is 6.42 Å². The van der Waals surface area contributed by atoms with E-state index in [0.29, 0.717) is 6.42 Å². The second-order valence-electron chi connectivity index (χ2n) is 4.37. The molecule has 0 fully saturated rings. The molecule has 1 aromatic heterocycles. The number of hydrogen-bond donors (Lipinski definition) is 1. The lowest BCUT2D eigenvalue weighted by Crippen LogP contribution is -2.14. The molecule has 4 nitrogen and oxygen atoms in total. The number of halogens is 1. The van der Waals surface area contributed by atoms with Crippen LogP contribution in [0.15, 0.2) is 35.0 Å². The lowest BCUT2D eigenvalue weighted by Gasteiger charge is -2.08. The zero-order chi connectivity index (χ0) is 15.2. The number of carbonyl (C=O) groups is 2. The van der Waals surface area contributed by atoms with Crippen LogP contribution in [0.3, 0.4) is 0 Å². The number of nitrogens with one attached hydrogen (secondary N) is 1. The van der Waals surface area contributed by atoms with Crippen LogP contribution in [0.2, 0.25) is 0 Å². The number of carbonyl (C=O) groups excluding carboxylic acids is 2. The summed E-state index contributed by atoms with van der Waals surface area (Å²) in [7, 11) is 1.24. The molecule has 2 aromatic rings. The summed E-state index contributed by atoms with van der Waals surface area (Å²) in [5.41, 5.74) is 1.24. The fourth-order valence-electron chi connectivity index (χ4n) is 1.77. The average molecular weight is 307 g/mol. The molecule has 0 aliphatic heterocycles. The Morgan fingerprint density at radius 1 is 1.33 bits per heavy atom. The van der Waals surface area contributed by atoms with Crippen LogP contribution < -0.4 is 5.32 Å². The molecule has 0 radical (unpaired) electrons. The molecule has 1 aromatic carbocycles. The summed E-state index contributed by atoms with van der Waals surface area (Å²) in [4.78, 5) is 23.2. The van der Waals surface area contributed by atoms with Crippen LogP contribution in [0.4, 0.5) is 10.1 Å². The van der Waals surface area contributed by atoms with Gasteiger partial charge in [-0.1, -0.05) is 0 Å². The predicted molar refractivity (Wildman–Crippen MR) is 79.0 cm³/mol. The number of anilines is 1. The summed E-state index contributed by atoms with van der Waals surface area (Å²) < 4.78 is 18.2. The first-order valence-corrected chi connectivity index (χ1v) is 7.23. The van der Waals surface area contributed by atoms with Crippen molar-refractivity contribution in [1.82, 2.24) is 0 Å². The monoisotopic (exact) mass is 307 g/mol. The Labute approximate surface area is 125 Å². The summed E-state index contributed by atoms with van der Waals surface area (Å²) in [6, 6.07) is 5.64. The molecule has 0 atom stereocenters. The van der Waals surface area contributed by atoms with Gasteiger partial charge in [-0.3, -0.25) is 4.79 Å². The molecule has 6 heteroatoms. The van der Waals surface area contributed by atoms with Crippen molar-refractivity contribution in [3.8, 4) is 0 Å². The van der Waals surface area contributed by atoms with E-state index in [4.69, 9.17) is 0 Å². The number of ether oxygens (including phenoxy) is 1. The Hall–Kier alpha value is -2.21. The van der Waals surface area contributed by atoms with E-state index in [9.17, 15) is 14.0 Å². The second-order valence-corrected chi connectivity index (χ2v) is 5.15. The van der Waals surface area contributed by atoms with Crippen LogP contribution in [0, 0.1) is 5.82 Å². The molecular formula is C15H14FNO3S. The van der Waals surface area contributed by atoms with Crippen molar-refractivity contribution in [2.45, 2.75) is 12.8 Å². The van der Waals surface area contributed by atoms with Gasteiger partial charge in [-0.05, 0) is 47.0 Å². The van der Waals surface area contributed by atoms with Crippen LogP contribution in [0.5, 0.6) is 0 Å². The highest BCUT2D eigenvalue weighted by Gasteiger charge is 2.12. The Morgan fingerprint density at radius 2 is 2.14 bits per heavy atom. The van der Waals surface area contributed by atoms with Crippen molar-refractivity contribution >= 4 is 28.9 Å². The zero-order valence-electron chi connectivity index (χ0n) is 11.4. The molecule has 0 bridgehead atoms. The van der Waals surface area contributed by atoms with Gasteiger partial charge in [0.2, 0.25) is 5.91 Å². The number of esters is 1. The third kappa shape index (κ3) is 4.13. The number of rotatable bonds is 5. The number of amides is 1. The van der Waals surface area contributed by atoms with Crippen molar-refractivity contribution in [3.63, 3.8) is 0 Å². The average Bonchev–Trinajstić information content (AvgIpc) is 3.00. The minimum Gasteiger partial charge on any atom is -0.465 e. The van der Waals surface area contributed by atoms with Gasteiger partial charge in [-0.25, -0.2) is 9.18 Å². The highest BCUT2D eigenvalue weighted by Crippen LogP contribution is 2.17. The van der Waals surface area contributed by atoms with E-state index < -0.39 is 11.8 Å². The highest BCUT2D eigenvalue weighted by molar-refractivity contribution is 7.07. The molecule has 0 saturated carbocycles. The Kier molecular flexibility index (Phi) is 5.05. The standard InChI is InChI=1S/C15H14FNO3S/c1-20-15(19)11-3-4-12(16)13(8-11)17-14(18)5-2-10-6-7-21-9-10/h3-4,6-9H,2,5H2,1H3,(H,17,18). The summed E-state index contributed by atoms with van der Waals surface area (Å²) in [5.74, 6) is -1.47. The maximum Gasteiger partial charge on any atom is 0.337 e. The van der Waals surface area contributed by atoms with Gasteiger partial charge < -0.3 is 10.1 Å². The van der Waals surface area contributed by atoms with E-state index in [0.717, 1.165) is 11.6 Å². The predicted octanol–water partition coefficient (Wildman–Crippen LogP) is 3.25. The third-order valence-electron chi connectivity index (χ3n) is 2.88. The van der Waals surface area contributed by atoms with Gasteiger partial charge in [-0.2, -0.15) is 11.3 Å². The van der Waals surface area contributed by atoms with Crippen LogP contribution in [0.1, 0.15) is 22.3 Å². The van der Waals surface area contributed by atoms with Crippen molar-refractivity contribution in [2.24, 2.45) is 0 Å². The molecule has 1 amide bonds.